The molecule has 0 saturated carbocycles. The van der Waals surface area contributed by atoms with Gasteiger partial charge in [-0.1, -0.05) is 12.5 Å². The van der Waals surface area contributed by atoms with Gasteiger partial charge in [0, 0.05) is 13.1 Å². The van der Waals surface area contributed by atoms with E-state index in [2.05, 4.69) is 34.0 Å². The molecule has 1 fully saturated rings. The first-order valence-electron chi connectivity index (χ1n) is 9.21. The van der Waals surface area contributed by atoms with Crippen LogP contribution >= 0.6 is 0 Å². The van der Waals surface area contributed by atoms with Crippen molar-refractivity contribution >= 4 is 22.0 Å². The summed E-state index contributed by atoms with van der Waals surface area (Å²) in [7, 11) is 1.20. The number of rotatable bonds is 8. The van der Waals surface area contributed by atoms with Crippen molar-refractivity contribution in [1.82, 2.24) is 9.80 Å². The molecule has 1 aromatic rings. The Kier molecular flexibility index (Phi) is 6.58. The quantitative estimate of drug-likeness (QED) is 0.678. The minimum absolute atomic E-state index is 0.870. The van der Waals surface area contributed by atoms with Gasteiger partial charge in [0.2, 0.25) is 0 Å². The van der Waals surface area contributed by atoms with Crippen molar-refractivity contribution in [3.05, 3.63) is 23.8 Å². The van der Waals surface area contributed by atoms with Crippen molar-refractivity contribution in [3.8, 4) is 0 Å². The van der Waals surface area contributed by atoms with E-state index in [0.29, 0.717) is 0 Å². The third kappa shape index (κ3) is 4.98. The highest BCUT2D eigenvalue weighted by Crippen LogP contribution is 2.28. The summed E-state index contributed by atoms with van der Waals surface area (Å²) in [6.07, 6.45) is 7.62. The van der Waals surface area contributed by atoms with E-state index in [0.717, 1.165) is 23.5 Å². The number of nitrogens with zero attached hydrogens (tertiary/aromatic N) is 3. The predicted molar refractivity (Wildman–Crippen MR) is 102 cm³/mol. The fourth-order valence-corrected chi connectivity index (χ4v) is 4.38. The molecule has 2 aliphatic rings. The van der Waals surface area contributed by atoms with E-state index in [1.165, 1.54) is 69.4 Å². The number of likely N-dealkylation sites (tertiary alicyclic amines) is 1. The molecule has 24 heavy (non-hydrogen) atoms. The van der Waals surface area contributed by atoms with Gasteiger partial charge in [0.25, 0.3) is 0 Å². The molecule has 4 nitrogen and oxygen atoms in total. The van der Waals surface area contributed by atoms with Crippen LogP contribution in [0.4, 0.5) is 5.69 Å². The maximum atomic E-state index is 11.8. The number of likely N-dealkylation sites (N-methyl/N-ethyl adjacent to an activating group) is 1. The molecule has 132 valence electrons. The van der Waals surface area contributed by atoms with Gasteiger partial charge < -0.3 is 9.80 Å². The molecule has 0 bridgehead atoms. The Morgan fingerprint density at radius 2 is 2.00 bits per heavy atom. The summed E-state index contributed by atoms with van der Waals surface area (Å²) >= 11 is 0. The minimum atomic E-state index is -1.03. The molecule has 1 aromatic carbocycles. The maximum Gasteiger partial charge on any atom is 0.0984 e. The molecule has 0 aromatic heterocycles. The van der Waals surface area contributed by atoms with Gasteiger partial charge in [-0.3, -0.25) is 0 Å². The van der Waals surface area contributed by atoms with Gasteiger partial charge in [0.15, 0.2) is 0 Å². The molecule has 1 unspecified atom stereocenters. The highest BCUT2D eigenvalue weighted by Gasteiger charge is 2.14. The summed E-state index contributed by atoms with van der Waals surface area (Å²) in [4.78, 5) is 10.1. The number of hydrogen-bond donors (Lipinski definition) is 0. The number of piperidine rings is 1. The van der Waals surface area contributed by atoms with Gasteiger partial charge in [-0.05, 0) is 76.5 Å². The maximum absolute atomic E-state index is 11.8. The standard InChI is InChI=1S/C19H29N3OS/c1-21(13-14-22-11-4-2-5-12-22)10-6-3-7-17-8-9-18-19(15-17)24(23)16-20-18/h8-9,15-16H,2-7,10-14H2,1H3. The molecular weight excluding hydrogens is 318 g/mol. The van der Waals surface area contributed by atoms with Crippen LogP contribution in [0.3, 0.4) is 0 Å². The number of unbranched alkanes of at least 4 members (excludes halogenated alkanes) is 1. The third-order valence-electron chi connectivity index (χ3n) is 5.03. The van der Waals surface area contributed by atoms with Crippen molar-refractivity contribution in [3.63, 3.8) is 0 Å². The molecule has 0 spiro atoms. The molecule has 1 atom stereocenters. The fourth-order valence-electron chi connectivity index (χ4n) is 3.46. The first kappa shape index (κ1) is 17.8. The van der Waals surface area contributed by atoms with E-state index in [-0.39, 0.29) is 0 Å². The van der Waals surface area contributed by atoms with Crippen molar-refractivity contribution in [1.29, 1.82) is 0 Å². The summed E-state index contributed by atoms with van der Waals surface area (Å²) in [5.41, 5.74) is 3.68. The van der Waals surface area contributed by atoms with Crippen LogP contribution in [0.5, 0.6) is 0 Å². The SMILES string of the molecule is CN(CCCCc1ccc2c(c1)S(=O)C=N2)CCN1CCCCC1. The Morgan fingerprint density at radius 3 is 2.83 bits per heavy atom. The Bertz CT molecular complexity index is 596. The average Bonchev–Trinajstić information content (AvgIpc) is 2.98. The zero-order valence-corrected chi connectivity index (χ0v) is 15.6. The number of hydrogen-bond acceptors (Lipinski definition) is 4. The molecule has 0 radical (unpaired) electrons. The van der Waals surface area contributed by atoms with E-state index in [1.807, 2.05) is 6.07 Å². The lowest BCUT2D eigenvalue weighted by molar-refractivity contribution is 0.195. The zero-order valence-electron chi connectivity index (χ0n) is 14.7. The number of fused-ring (bicyclic) bond motifs is 1. The second-order valence-electron chi connectivity index (χ2n) is 7.00. The van der Waals surface area contributed by atoms with Gasteiger partial charge in [0.05, 0.1) is 26.9 Å². The lowest BCUT2D eigenvalue weighted by atomic mass is 10.1. The van der Waals surface area contributed by atoms with Crippen LogP contribution in [-0.2, 0) is 17.2 Å². The van der Waals surface area contributed by atoms with E-state index in [9.17, 15) is 4.21 Å². The Morgan fingerprint density at radius 1 is 1.17 bits per heavy atom. The number of aryl methyl sites for hydroxylation is 1. The monoisotopic (exact) mass is 347 g/mol. The van der Waals surface area contributed by atoms with Crippen LogP contribution in [0.25, 0.3) is 0 Å². The second kappa shape index (κ2) is 8.88. The smallest absolute Gasteiger partial charge is 0.0984 e. The first-order valence-corrected chi connectivity index (χ1v) is 10.4. The van der Waals surface area contributed by atoms with Crippen molar-refractivity contribution in [2.45, 2.75) is 43.4 Å². The number of aliphatic imine (C=N–C) groups is 1. The summed E-state index contributed by atoms with van der Waals surface area (Å²) in [5, 5.41) is 0. The molecule has 2 heterocycles. The fraction of sp³-hybridized carbons (Fsp3) is 0.632. The van der Waals surface area contributed by atoms with Gasteiger partial charge in [-0.15, -0.1) is 0 Å². The Labute approximate surface area is 148 Å². The molecule has 3 rings (SSSR count). The average molecular weight is 348 g/mol. The lowest BCUT2D eigenvalue weighted by Gasteiger charge is -2.28. The van der Waals surface area contributed by atoms with Crippen molar-refractivity contribution in [2.24, 2.45) is 4.99 Å². The predicted octanol–water partition coefficient (Wildman–Crippen LogP) is 3.21. The molecule has 0 N–H and O–H groups in total. The minimum Gasteiger partial charge on any atom is -0.305 e. The largest absolute Gasteiger partial charge is 0.305 e. The van der Waals surface area contributed by atoms with Crippen molar-refractivity contribution < 1.29 is 4.21 Å². The molecule has 1 saturated heterocycles. The topological polar surface area (TPSA) is 35.9 Å². The van der Waals surface area contributed by atoms with E-state index in [1.54, 1.807) is 0 Å². The normalized spacial score (nSPS) is 20.7. The summed E-state index contributed by atoms with van der Waals surface area (Å²) < 4.78 is 11.8. The third-order valence-corrected chi connectivity index (χ3v) is 6.09. The molecule has 5 heteroatoms. The molecular formula is C19H29N3OS. The van der Waals surface area contributed by atoms with Crippen LogP contribution in [0.2, 0.25) is 0 Å². The molecule has 0 aliphatic carbocycles. The Hall–Kier alpha value is -1.04. The van der Waals surface area contributed by atoms with Crippen LogP contribution in [0.1, 0.15) is 37.7 Å². The van der Waals surface area contributed by atoms with E-state index < -0.39 is 10.8 Å². The van der Waals surface area contributed by atoms with Gasteiger partial charge in [-0.25, -0.2) is 9.20 Å². The highest BCUT2D eigenvalue weighted by atomic mass is 32.2. The molecule has 0 amide bonds. The van der Waals surface area contributed by atoms with Crippen LogP contribution in [-0.4, -0.2) is 59.3 Å². The van der Waals surface area contributed by atoms with Crippen molar-refractivity contribution in [2.75, 3.05) is 39.8 Å². The number of benzene rings is 1. The van der Waals surface area contributed by atoms with Gasteiger partial charge in [-0.2, -0.15) is 0 Å². The van der Waals surface area contributed by atoms with Crippen LogP contribution in [0, 0.1) is 0 Å². The lowest BCUT2D eigenvalue weighted by Crippen LogP contribution is -2.36. The zero-order chi connectivity index (χ0) is 16.8. The molecule has 2 aliphatic heterocycles. The Balaban J connectivity index is 1.32. The van der Waals surface area contributed by atoms with Crippen LogP contribution in [0.15, 0.2) is 28.1 Å². The highest BCUT2D eigenvalue weighted by molar-refractivity contribution is 7.99. The summed E-state index contributed by atoms with van der Waals surface area (Å²) in [5.74, 6) is 0. The second-order valence-corrected chi connectivity index (χ2v) is 8.24. The van der Waals surface area contributed by atoms with E-state index in [4.69, 9.17) is 0 Å². The van der Waals surface area contributed by atoms with E-state index >= 15 is 0 Å². The summed E-state index contributed by atoms with van der Waals surface area (Å²) in [6.45, 7) is 6.13. The van der Waals surface area contributed by atoms with Gasteiger partial charge >= 0.3 is 0 Å². The van der Waals surface area contributed by atoms with Gasteiger partial charge in [0.1, 0.15) is 0 Å². The first-order chi connectivity index (χ1) is 11.7. The van der Waals surface area contributed by atoms with Crippen LogP contribution < -0.4 is 0 Å². The summed E-state index contributed by atoms with van der Waals surface area (Å²) in [6, 6.07) is 6.19.